The highest BCUT2D eigenvalue weighted by molar-refractivity contribution is 5.84. The minimum atomic E-state index is -4.47. The van der Waals surface area contributed by atoms with Crippen molar-refractivity contribution in [2.45, 2.75) is 32.4 Å². The molecule has 2 atom stereocenters. The summed E-state index contributed by atoms with van der Waals surface area (Å²) in [5.74, 6) is -2.90. The standard InChI is InChI=1S/C16H20F3NO3/c1-4-13(14(21)20(3)9-10(2)15(22)23)11-6-5-7-12(8-11)16(17,18)19/h5-8,10,13H,4,9H2,1-3H3,(H,22,23). The number of amides is 1. The molecule has 0 aliphatic rings. The molecule has 2 unspecified atom stereocenters. The largest absolute Gasteiger partial charge is 0.481 e. The van der Waals surface area contributed by atoms with Crippen molar-refractivity contribution in [1.82, 2.24) is 4.90 Å². The first-order valence-electron chi connectivity index (χ1n) is 7.22. The third-order valence-corrected chi connectivity index (χ3v) is 3.67. The topological polar surface area (TPSA) is 57.6 Å². The second kappa shape index (κ2) is 7.48. The summed E-state index contributed by atoms with van der Waals surface area (Å²) in [6, 6.07) is 4.68. The monoisotopic (exact) mass is 331 g/mol. The molecule has 0 saturated carbocycles. The third-order valence-electron chi connectivity index (χ3n) is 3.67. The van der Waals surface area contributed by atoms with Crippen LogP contribution in [0.1, 0.15) is 37.3 Å². The Morgan fingerprint density at radius 3 is 2.39 bits per heavy atom. The van der Waals surface area contributed by atoms with Crippen LogP contribution in [0.25, 0.3) is 0 Å². The van der Waals surface area contributed by atoms with Gasteiger partial charge >= 0.3 is 12.1 Å². The van der Waals surface area contributed by atoms with Crippen LogP contribution < -0.4 is 0 Å². The van der Waals surface area contributed by atoms with Gasteiger partial charge in [-0.15, -0.1) is 0 Å². The number of halogens is 3. The maximum Gasteiger partial charge on any atom is 0.416 e. The van der Waals surface area contributed by atoms with Crippen molar-refractivity contribution in [3.8, 4) is 0 Å². The molecule has 1 amide bonds. The number of alkyl halides is 3. The number of carboxylic acid groups (broad SMARTS) is 1. The Morgan fingerprint density at radius 2 is 1.91 bits per heavy atom. The number of aliphatic carboxylic acids is 1. The van der Waals surface area contributed by atoms with Gasteiger partial charge in [0.25, 0.3) is 0 Å². The first-order valence-corrected chi connectivity index (χ1v) is 7.22. The molecule has 0 heterocycles. The number of hydrogen-bond acceptors (Lipinski definition) is 2. The molecule has 1 aromatic rings. The van der Waals surface area contributed by atoms with Crippen molar-refractivity contribution < 1.29 is 27.9 Å². The minimum absolute atomic E-state index is 0.00360. The van der Waals surface area contributed by atoms with E-state index in [0.717, 1.165) is 12.1 Å². The summed E-state index contributed by atoms with van der Waals surface area (Å²) >= 11 is 0. The van der Waals surface area contributed by atoms with E-state index < -0.39 is 29.5 Å². The van der Waals surface area contributed by atoms with E-state index in [-0.39, 0.29) is 18.0 Å². The van der Waals surface area contributed by atoms with Crippen molar-refractivity contribution in [2.75, 3.05) is 13.6 Å². The van der Waals surface area contributed by atoms with Gasteiger partial charge in [-0.25, -0.2) is 0 Å². The summed E-state index contributed by atoms with van der Waals surface area (Å²) in [7, 11) is 1.46. The predicted molar refractivity (Wildman–Crippen MR) is 78.9 cm³/mol. The van der Waals surface area contributed by atoms with E-state index in [1.165, 1.54) is 31.0 Å². The molecule has 0 spiro atoms. The van der Waals surface area contributed by atoms with E-state index in [1.54, 1.807) is 6.92 Å². The molecule has 7 heteroatoms. The predicted octanol–water partition coefficient (Wildman–Crippen LogP) is 3.38. The van der Waals surface area contributed by atoms with Gasteiger partial charge in [-0.1, -0.05) is 32.0 Å². The van der Waals surface area contributed by atoms with Crippen LogP contribution in [-0.2, 0) is 15.8 Å². The number of carbonyl (C=O) groups is 2. The number of likely N-dealkylation sites (N-methyl/N-ethyl adjacent to an activating group) is 1. The van der Waals surface area contributed by atoms with Crippen LogP contribution in [0.5, 0.6) is 0 Å². The number of hydrogen-bond donors (Lipinski definition) is 1. The van der Waals surface area contributed by atoms with Crippen molar-refractivity contribution in [1.29, 1.82) is 0 Å². The number of rotatable bonds is 6. The van der Waals surface area contributed by atoms with Crippen molar-refractivity contribution >= 4 is 11.9 Å². The lowest BCUT2D eigenvalue weighted by atomic mass is 9.93. The maximum atomic E-state index is 12.8. The van der Waals surface area contributed by atoms with Crippen LogP contribution >= 0.6 is 0 Å². The Hall–Kier alpha value is -2.05. The van der Waals surface area contributed by atoms with Gasteiger partial charge in [0.1, 0.15) is 0 Å². The molecule has 128 valence electrons. The molecule has 1 rings (SSSR count). The Balaban J connectivity index is 2.99. The molecule has 0 aliphatic heterocycles. The van der Waals surface area contributed by atoms with Crippen LogP contribution in [0, 0.1) is 5.92 Å². The Bertz CT molecular complexity index is 572. The van der Waals surface area contributed by atoms with Crippen molar-refractivity contribution in [3.05, 3.63) is 35.4 Å². The third kappa shape index (κ3) is 4.97. The lowest BCUT2D eigenvalue weighted by Crippen LogP contribution is -2.36. The van der Waals surface area contributed by atoms with Crippen LogP contribution in [-0.4, -0.2) is 35.5 Å². The zero-order chi connectivity index (χ0) is 17.8. The second-order valence-corrected chi connectivity index (χ2v) is 5.54. The molecule has 0 bridgehead atoms. The van der Waals surface area contributed by atoms with Gasteiger partial charge < -0.3 is 10.0 Å². The SMILES string of the molecule is CCC(C(=O)N(C)CC(C)C(=O)O)c1cccc(C(F)(F)F)c1. The van der Waals surface area contributed by atoms with Crippen LogP contribution in [0.2, 0.25) is 0 Å². The molecule has 0 fully saturated rings. The van der Waals surface area contributed by atoms with Crippen molar-refractivity contribution in [2.24, 2.45) is 5.92 Å². The number of benzene rings is 1. The number of carbonyl (C=O) groups excluding carboxylic acids is 1. The van der Waals surface area contributed by atoms with Gasteiger partial charge in [0.15, 0.2) is 0 Å². The van der Waals surface area contributed by atoms with Gasteiger partial charge in [-0.3, -0.25) is 9.59 Å². The van der Waals surface area contributed by atoms with E-state index in [4.69, 9.17) is 5.11 Å². The van der Waals surface area contributed by atoms with E-state index in [1.807, 2.05) is 0 Å². The van der Waals surface area contributed by atoms with E-state index in [2.05, 4.69) is 0 Å². The summed E-state index contributed by atoms with van der Waals surface area (Å²) < 4.78 is 38.4. The fraction of sp³-hybridized carbons (Fsp3) is 0.500. The van der Waals surface area contributed by atoms with Gasteiger partial charge in [0, 0.05) is 13.6 Å². The summed E-state index contributed by atoms with van der Waals surface area (Å²) in [4.78, 5) is 24.6. The van der Waals surface area contributed by atoms with E-state index in [0.29, 0.717) is 6.42 Å². The van der Waals surface area contributed by atoms with Gasteiger partial charge in [0.2, 0.25) is 5.91 Å². The molecule has 1 aromatic carbocycles. The zero-order valence-corrected chi connectivity index (χ0v) is 13.2. The number of nitrogens with zero attached hydrogens (tertiary/aromatic N) is 1. The van der Waals surface area contributed by atoms with Gasteiger partial charge in [0.05, 0.1) is 17.4 Å². The lowest BCUT2D eigenvalue weighted by molar-refractivity contribution is -0.143. The highest BCUT2D eigenvalue weighted by Gasteiger charge is 2.32. The highest BCUT2D eigenvalue weighted by atomic mass is 19.4. The molecular formula is C16H20F3NO3. The van der Waals surface area contributed by atoms with E-state index in [9.17, 15) is 22.8 Å². The minimum Gasteiger partial charge on any atom is -0.481 e. The average molecular weight is 331 g/mol. The first-order chi connectivity index (χ1) is 10.6. The highest BCUT2D eigenvalue weighted by Crippen LogP contribution is 2.32. The molecule has 0 aromatic heterocycles. The summed E-state index contributed by atoms with van der Waals surface area (Å²) in [6.07, 6.45) is -4.15. The average Bonchev–Trinajstić information content (AvgIpc) is 2.47. The van der Waals surface area contributed by atoms with Crippen LogP contribution in [0.15, 0.2) is 24.3 Å². The zero-order valence-electron chi connectivity index (χ0n) is 13.2. The van der Waals surface area contributed by atoms with Gasteiger partial charge in [-0.2, -0.15) is 13.2 Å². The van der Waals surface area contributed by atoms with Crippen LogP contribution in [0.4, 0.5) is 13.2 Å². The molecule has 0 saturated heterocycles. The Labute approximate surface area is 132 Å². The smallest absolute Gasteiger partial charge is 0.416 e. The molecule has 1 N–H and O–H groups in total. The fourth-order valence-electron chi connectivity index (χ4n) is 2.33. The van der Waals surface area contributed by atoms with Gasteiger partial charge in [-0.05, 0) is 18.1 Å². The molecule has 0 radical (unpaired) electrons. The molecular weight excluding hydrogens is 311 g/mol. The maximum absolute atomic E-state index is 12.8. The van der Waals surface area contributed by atoms with Crippen LogP contribution in [0.3, 0.4) is 0 Å². The second-order valence-electron chi connectivity index (χ2n) is 5.54. The quantitative estimate of drug-likeness (QED) is 0.869. The molecule has 4 nitrogen and oxygen atoms in total. The van der Waals surface area contributed by atoms with E-state index >= 15 is 0 Å². The van der Waals surface area contributed by atoms with Crippen molar-refractivity contribution in [3.63, 3.8) is 0 Å². The summed E-state index contributed by atoms with van der Waals surface area (Å²) in [5.41, 5.74) is -0.523. The summed E-state index contributed by atoms with van der Waals surface area (Å²) in [6.45, 7) is 3.18. The fourth-order valence-corrected chi connectivity index (χ4v) is 2.33. The first kappa shape index (κ1) is 19.0. The molecule has 0 aliphatic carbocycles. The number of carboxylic acids is 1. The summed E-state index contributed by atoms with van der Waals surface area (Å²) in [5, 5.41) is 8.89. The lowest BCUT2D eigenvalue weighted by Gasteiger charge is -2.25. The normalized spacial score (nSPS) is 14.2. The Kier molecular flexibility index (Phi) is 6.18. The molecule has 23 heavy (non-hydrogen) atoms. The Morgan fingerprint density at radius 1 is 1.30 bits per heavy atom.